The zero-order valence-electron chi connectivity index (χ0n) is 9.71. The summed E-state index contributed by atoms with van der Waals surface area (Å²) in [6, 6.07) is 4.91. The largest absolute Gasteiger partial charge is 0.383 e. The van der Waals surface area contributed by atoms with Crippen LogP contribution in [0, 0.1) is 12.7 Å². The number of anilines is 1. The topological polar surface area (TPSA) is 38.9 Å². The molecule has 0 aliphatic rings. The van der Waals surface area contributed by atoms with Crippen molar-refractivity contribution < 1.29 is 4.39 Å². The molecule has 0 fully saturated rings. The Morgan fingerprint density at radius 3 is 2.56 bits per heavy atom. The molecule has 16 heavy (non-hydrogen) atoms. The molecule has 0 spiro atoms. The van der Waals surface area contributed by atoms with Gasteiger partial charge in [0.2, 0.25) is 0 Å². The van der Waals surface area contributed by atoms with E-state index in [1.807, 2.05) is 26.8 Å². The van der Waals surface area contributed by atoms with E-state index in [1.54, 1.807) is 0 Å². The number of aromatic nitrogens is 1. The summed E-state index contributed by atoms with van der Waals surface area (Å²) in [6.07, 6.45) is 0. The van der Waals surface area contributed by atoms with Gasteiger partial charge in [-0.15, -0.1) is 0 Å². The summed E-state index contributed by atoms with van der Waals surface area (Å²) in [7, 11) is 0. The number of pyridine rings is 1. The van der Waals surface area contributed by atoms with Crippen LogP contribution >= 0.6 is 0 Å². The monoisotopic (exact) mass is 218 g/mol. The number of nitrogen functional groups attached to an aromatic ring is 1. The molecule has 0 atom stereocenters. The van der Waals surface area contributed by atoms with Crippen LogP contribution in [0.5, 0.6) is 0 Å². The first kappa shape index (κ1) is 10.9. The van der Waals surface area contributed by atoms with Crippen LogP contribution in [0.25, 0.3) is 10.9 Å². The fourth-order valence-electron chi connectivity index (χ4n) is 1.91. The Morgan fingerprint density at radius 2 is 1.94 bits per heavy atom. The van der Waals surface area contributed by atoms with E-state index in [0.717, 1.165) is 22.0 Å². The van der Waals surface area contributed by atoms with E-state index in [0.29, 0.717) is 11.7 Å². The molecule has 2 N–H and O–H groups in total. The van der Waals surface area contributed by atoms with Crippen LogP contribution in [0.15, 0.2) is 18.2 Å². The molecule has 0 aliphatic heterocycles. The zero-order valence-corrected chi connectivity index (χ0v) is 9.71. The van der Waals surface area contributed by atoms with Crippen molar-refractivity contribution in [1.29, 1.82) is 0 Å². The lowest BCUT2D eigenvalue weighted by atomic mass is 10.0. The minimum Gasteiger partial charge on any atom is -0.383 e. The lowest BCUT2D eigenvalue weighted by Crippen LogP contribution is -2.01. The molecule has 0 unspecified atom stereocenters. The van der Waals surface area contributed by atoms with Gasteiger partial charge in [-0.3, -0.25) is 0 Å². The smallest absolute Gasteiger partial charge is 0.127 e. The summed E-state index contributed by atoms with van der Waals surface area (Å²) in [6.45, 7) is 5.93. The number of nitrogens with two attached hydrogens (primary N) is 1. The van der Waals surface area contributed by atoms with Gasteiger partial charge in [-0.25, -0.2) is 9.37 Å². The number of aryl methyl sites for hydroxylation is 1. The van der Waals surface area contributed by atoms with Gasteiger partial charge in [0.25, 0.3) is 0 Å². The predicted octanol–water partition coefficient (Wildman–Crippen LogP) is 3.39. The van der Waals surface area contributed by atoms with Gasteiger partial charge in [-0.05, 0) is 42.2 Å². The third-order valence-electron chi connectivity index (χ3n) is 2.76. The molecule has 1 aromatic carbocycles. The van der Waals surface area contributed by atoms with E-state index in [-0.39, 0.29) is 5.82 Å². The SMILES string of the molecule is Cc1cc(F)cc2cc(C(C)C)c(N)nc12. The molecule has 0 bridgehead atoms. The Hall–Kier alpha value is -1.64. The molecular formula is C13H15FN2. The van der Waals surface area contributed by atoms with E-state index < -0.39 is 0 Å². The van der Waals surface area contributed by atoms with Crippen LogP contribution in [0.2, 0.25) is 0 Å². The maximum absolute atomic E-state index is 13.3. The maximum Gasteiger partial charge on any atom is 0.127 e. The second-order valence-corrected chi connectivity index (χ2v) is 4.41. The summed E-state index contributed by atoms with van der Waals surface area (Å²) in [5, 5.41) is 0.815. The number of hydrogen-bond donors (Lipinski definition) is 1. The maximum atomic E-state index is 13.3. The van der Waals surface area contributed by atoms with Gasteiger partial charge in [0.05, 0.1) is 5.52 Å². The van der Waals surface area contributed by atoms with Crippen molar-refractivity contribution in [3.05, 3.63) is 35.1 Å². The molecule has 0 saturated carbocycles. The minimum absolute atomic E-state index is 0.230. The van der Waals surface area contributed by atoms with Crippen molar-refractivity contribution >= 4 is 16.7 Å². The summed E-state index contributed by atoms with van der Waals surface area (Å²) in [5.41, 5.74) is 8.46. The molecular weight excluding hydrogens is 203 g/mol. The molecule has 1 heterocycles. The highest BCUT2D eigenvalue weighted by Gasteiger charge is 2.09. The number of hydrogen-bond acceptors (Lipinski definition) is 2. The highest BCUT2D eigenvalue weighted by atomic mass is 19.1. The van der Waals surface area contributed by atoms with Gasteiger partial charge in [0, 0.05) is 5.39 Å². The highest BCUT2D eigenvalue weighted by Crippen LogP contribution is 2.26. The summed E-state index contributed by atoms with van der Waals surface area (Å²) in [5.74, 6) is 0.601. The molecule has 1 aromatic heterocycles. The average Bonchev–Trinajstić information content (AvgIpc) is 2.18. The highest BCUT2D eigenvalue weighted by molar-refractivity contribution is 5.84. The number of nitrogens with zero attached hydrogens (tertiary/aromatic N) is 1. The average molecular weight is 218 g/mol. The molecule has 0 amide bonds. The molecule has 0 saturated heterocycles. The van der Waals surface area contributed by atoms with E-state index in [2.05, 4.69) is 4.98 Å². The quantitative estimate of drug-likeness (QED) is 0.796. The fraction of sp³-hybridized carbons (Fsp3) is 0.308. The van der Waals surface area contributed by atoms with E-state index in [1.165, 1.54) is 12.1 Å². The van der Waals surface area contributed by atoms with Gasteiger partial charge in [0.15, 0.2) is 0 Å². The number of fused-ring (bicyclic) bond motifs is 1. The first-order chi connectivity index (χ1) is 7.49. The van der Waals surface area contributed by atoms with Crippen LogP contribution in [-0.4, -0.2) is 4.98 Å². The van der Waals surface area contributed by atoms with Crippen molar-refractivity contribution in [2.75, 3.05) is 5.73 Å². The number of benzene rings is 1. The van der Waals surface area contributed by atoms with Crippen LogP contribution in [0.4, 0.5) is 10.2 Å². The standard InChI is InChI=1S/C13H15FN2/c1-7(2)11-6-9-5-10(14)4-8(3)12(9)16-13(11)15/h4-7H,1-3H3,(H2,15,16). The summed E-state index contributed by atoms with van der Waals surface area (Å²) in [4.78, 5) is 4.35. The van der Waals surface area contributed by atoms with Gasteiger partial charge >= 0.3 is 0 Å². The molecule has 3 heteroatoms. The van der Waals surface area contributed by atoms with Gasteiger partial charge < -0.3 is 5.73 Å². The minimum atomic E-state index is -0.230. The van der Waals surface area contributed by atoms with E-state index in [4.69, 9.17) is 5.73 Å². The second-order valence-electron chi connectivity index (χ2n) is 4.41. The Bertz CT molecular complexity index is 547. The van der Waals surface area contributed by atoms with Gasteiger partial charge in [-0.2, -0.15) is 0 Å². The van der Waals surface area contributed by atoms with E-state index in [9.17, 15) is 4.39 Å². The number of rotatable bonds is 1. The van der Waals surface area contributed by atoms with Crippen molar-refractivity contribution in [3.63, 3.8) is 0 Å². The Kier molecular flexibility index (Phi) is 2.54. The summed E-state index contributed by atoms with van der Waals surface area (Å²) >= 11 is 0. The van der Waals surface area contributed by atoms with Crippen molar-refractivity contribution in [2.45, 2.75) is 26.7 Å². The Morgan fingerprint density at radius 1 is 1.25 bits per heavy atom. The third kappa shape index (κ3) is 1.73. The number of halogens is 1. The molecule has 84 valence electrons. The Labute approximate surface area is 94.3 Å². The van der Waals surface area contributed by atoms with Crippen molar-refractivity contribution in [3.8, 4) is 0 Å². The van der Waals surface area contributed by atoms with Crippen LogP contribution in [0.1, 0.15) is 30.9 Å². The van der Waals surface area contributed by atoms with Gasteiger partial charge in [-0.1, -0.05) is 13.8 Å². The normalized spacial score (nSPS) is 11.3. The lowest BCUT2D eigenvalue weighted by Gasteiger charge is -2.11. The van der Waals surface area contributed by atoms with Crippen LogP contribution < -0.4 is 5.73 Å². The van der Waals surface area contributed by atoms with Crippen molar-refractivity contribution in [1.82, 2.24) is 4.98 Å². The summed E-state index contributed by atoms with van der Waals surface area (Å²) < 4.78 is 13.3. The predicted molar refractivity (Wildman–Crippen MR) is 64.9 cm³/mol. The van der Waals surface area contributed by atoms with Crippen LogP contribution in [0.3, 0.4) is 0 Å². The first-order valence-corrected chi connectivity index (χ1v) is 5.35. The molecule has 2 aromatic rings. The molecule has 0 aliphatic carbocycles. The molecule has 2 nitrogen and oxygen atoms in total. The fourth-order valence-corrected chi connectivity index (χ4v) is 1.91. The van der Waals surface area contributed by atoms with Crippen LogP contribution in [-0.2, 0) is 0 Å². The third-order valence-corrected chi connectivity index (χ3v) is 2.76. The first-order valence-electron chi connectivity index (χ1n) is 5.35. The van der Waals surface area contributed by atoms with Gasteiger partial charge in [0.1, 0.15) is 11.6 Å². The van der Waals surface area contributed by atoms with E-state index >= 15 is 0 Å². The second kappa shape index (κ2) is 3.74. The Balaban J connectivity index is 2.79. The van der Waals surface area contributed by atoms with Crippen molar-refractivity contribution in [2.24, 2.45) is 0 Å². The lowest BCUT2D eigenvalue weighted by molar-refractivity contribution is 0.628. The zero-order chi connectivity index (χ0) is 11.9. The molecule has 0 radical (unpaired) electrons. The molecule has 2 rings (SSSR count).